The molecule has 0 unspecified atom stereocenters. The predicted molar refractivity (Wildman–Crippen MR) is 197 cm³/mol. The van der Waals surface area contributed by atoms with Crippen LogP contribution in [0.3, 0.4) is 0 Å². The number of hydrogen-bond acceptors (Lipinski definition) is 11. The van der Waals surface area contributed by atoms with Crippen molar-refractivity contribution in [3.8, 4) is 17.2 Å². The summed E-state index contributed by atoms with van der Waals surface area (Å²) in [7, 11) is 0. The molecule has 6 rings (SSSR count). The molecule has 3 N–H and O–H groups in total. The van der Waals surface area contributed by atoms with E-state index < -0.39 is 38.7 Å². The normalized spacial score (nSPS) is 15.7. The van der Waals surface area contributed by atoms with Gasteiger partial charge in [0.25, 0.3) is 0 Å². The molecule has 3 fully saturated rings. The Hall–Kier alpha value is -4.38. The first-order valence-electron chi connectivity index (χ1n) is 17.6. The fraction of sp³-hybridized carbons (Fsp3) is 0.500. The smallest absolute Gasteiger partial charge is 0.305 e. The molecule has 13 nitrogen and oxygen atoms in total. The van der Waals surface area contributed by atoms with Crippen molar-refractivity contribution in [1.29, 1.82) is 0 Å². The minimum absolute atomic E-state index is 0.159. The van der Waals surface area contributed by atoms with Crippen molar-refractivity contribution in [3.05, 3.63) is 92.3 Å². The van der Waals surface area contributed by atoms with E-state index in [1.54, 1.807) is 6.07 Å². The molecular weight excluding hydrogens is 721 g/mol. The summed E-state index contributed by atoms with van der Waals surface area (Å²) in [6.45, 7) is 10.9. The van der Waals surface area contributed by atoms with Gasteiger partial charge >= 0.3 is 11.4 Å². The third-order valence-corrected chi connectivity index (χ3v) is 8.73. The van der Waals surface area contributed by atoms with Gasteiger partial charge in [0.05, 0.1) is 15.5 Å². The van der Waals surface area contributed by atoms with Crippen molar-refractivity contribution >= 4 is 28.7 Å². The first kappa shape index (κ1) is 43.0. The van der Waals surface area contributed by atoms with Crippen LogP contribution < -0.4 is 15.2 Å². The number of ether oxygens (including phenoxy) is 2. The molecule has 17 heteroatoms. The molecule has 0 atom stereocenters. The van der Waals surface area contributed by atoms with E-state index in [-0.39, 0.29) is 11.4 Å². The quantitative estimate of drug-likeness (QED) is 0.0858. The first-order valence-corrected chi connectivity index (χ1v) is 18.1. The van der Waals surface area contributed by atoms with Crippen LogP contribution in [0.15, 0.2) is 54.6 Å². The third kappa shape index (κ3) is 16.0. The fourth-order valence-corrected chi connectivity index (χ4v) is 5.93. The highest BCUT2D eigenvalue weighted by Crippen LogP contribution is 2.23. The molecule has 0 aliphatic carbocycles. The van der Waals surface area contributed by atoms with Crippen LogP contribution in [-0.4, -0.2) is 108 Å². The molecule has 3 saturated heterocycles. The Kier molecular flexibility index (Phi) is 18.9. The van der Waals surface area contributed by atoms with Gasteiger partial charge in [-0.1, -0.05) is 0 Å². The lowest BCUT2D eigenvalue weighted by atomic mass is 10.3. The number of phenolic OH excluding ortho intramolecular Hbond substituents is 1. The topological polar surface area (TPSA) is 161 Å². The van der Waals surface area contributed by atoms with Crippen LogP contribution in [0.2, 0.25) is 0 Å². The van der Waals surface area contributed by atoms with Crippen LogP contribution in [0.4, 0.5) is 30.2 Å². The van der Waals surface area contributed by atoms with E-state index in [1.165, 1.54) is 69.8 Å². The number of benzene rings is 3. The number of alkyl halides is 1. The second-order valence-corrected chi connectivity index (χ2v) is 12.9. The van der Waals surface area contributed by atoms with E-state index in [4.69, 9.17) is 31.9 Å². The minimum atomic E-state index is -1.03. The number of hydrogen-bond donors (Lipinski definition) is 2. The summed E-state index contributed by atoms with van der Waals surface area (Å²) < 4.78 is 49.7. The summed E-state index contributed by atoms with van der Waals surface area (Å²) >= 11 is 5.54. The van der Waals surface area contributed by atoms with E-state index in [1.807, 2.05) is 0 Å². The highest BCUT2D eigenvalue weighted by atomic mass is 35.5. The molecule has 53 heavy (non-hydrogen) atoms. The Morgan fingerprint density at radius 2 is 1.04 bits per heavy atom. The van der Waals surface area contributed by atoms with Crippen LogP contribution in [0.25, 0.3) is 0 Å². The zero-order valence-electron chi connectivity index (χ0n) is 29.6. The molecule has 292 valence electrons. The van der Waals surface area contributed by atoms with Gasteiger partial charge in [0.1, 0.15) is 36.3 Å². The number of nitro benzene ring substituents is 2. The van der Waals surface area contributed by atoms with E-state index in [9.17, 15) is 33.4 Å². The summed E-state index contributed by atoms with van der Waals surface area (Å²) in [5.41, 5.74) is 4.37. The Balaban J connectivity index is 0.000000198. The highest BCUT2D eigenvalue weighted by Gasteiger charge is 2.16. The molecule has 3 aromatic carbocycles. The van der Waals surface area contributed by atoms with Crippen molar-refractivity contribution in [2.75, 3.05) is 83.7 Å². The highest BCUT2D eigenvalue weighted by molar-refractivity contribution is 6.18. The van der Waals surface area contributed by atoms with Crippen LogP contribution in [-0.2, 0) is 0 Å². The number of anilines is 1. The lowest BCUT2D eigenvalue weighted by Gasteiger charge is -2.14. The van der Waals surface area contributed by atoms with Crippen molar-refractivity contribution in [1.82, 2.24) is 14.7 Å². The zero-order chi connectivity index (χ0) is 38.6. The van der Waals surface area contributed by atoms with Crippen molar-refractivity contribution in [2.45, 2.75) is 38.5 Å². The minimum Gasteiger partial charge on any atom is -0.508 e. The Labute approximate surface area is 312 Å². The van der Waals surface area contributed by atoms with Crippen LogP contribution in [0, 0.1) is 37.7 Å². The molecule has 3 aliphatic rings. The molecule has 0 radical (unpaired) electrons. The van der Waals surface area contributed by atoms with Gasteiger partial charge in [-0.05, 0) is 102 Å². The van der Waals surface area contributed by atoms with E-state index in [0.717, 1.165) is 76.0 Å². The summed E-state index contributed by atoms with van der Waals surface area (Å²) in [6.07, 6.45) is 7.72. The van der Waals surface area contributed by atoms with Gasteiger partial charge in [0, 0.05) is 55.8 Å². The molecule has 3 aromatic rings. The van der Waals surface area contributed by atoms with Gasteiger partial charge in [0.2, 0.25) is 11.6 Å². The average Bonchev–Trinajstić information content (AvgIpc) is 3.93. The summed E-state index contributed by atoms with van der Waals surface area (Å²) in [5.74, 6) is -0.969. The predicted octanol–water partition coefficient (Wildman–Crippen LogP) is 6.85. The number of phenols is 1. The molecule has 3 aliphatic heterocycles. The van der Waals surface area contributed by atoms with E-state index in [2.05, 4.69) is 14.7 Å². The maximum absolute atomic E-state index is 13.3. The van der Waals surface area contributed by atoms with Gasteiger partial charge in [-0.2, -0.15) is 8.78 Å². The van der Waals surface area contributed by atoms with Gasteiger partial charge < -0.3 is 25.2 Å². The van der Waals surface area contributed by atoms with Gasteiger partial charge in [0.15, 0.2) is 0 Å². The van der Waals surface area contributed by atoms with Gasteiger partial charge in [-0.25, -0.2) is 4.39 Å². The second kappa shape index (κ2) is 23.3. The maximum atomic E-state index is 13.3. The Morgan fingerprint density at radius 1 is 0.642 bits per heavy atom. The monoisotopic (exact) mass is 768 g/mol. The number of nitrogen functional groups attached to an aromatic ring is 1. The Bertz CT molecular complexity index is 1580. The molecule has 0 amide bonds. The lowest BCUT2D eigenvalue weighted by Crippen LogP contribution is -2.25. The van der Waals surface area contributed by atoms with Crippen molar-refractivity contribution in [3.63, 3.8) is 0 Å². The molecule has 0 saturated carbocycles. The number of rotatable bonds is 12. The van der Waals surface area contributed by atoms with Crippen molar-refractivity contribution < 1.29 is 37.6 Å². The SMILES string of the molecule is ClCCN1CCCC1.Nc1ccc(OCCN2CCCC2)cc1F.O=[N+]([O-])c1ccc(O)cc1F.O=[N+]([O-])c1ccc(OCCN2CCCC2)cc1F. The number of likely N-dealkylation sites (tertiary alicyclic amines) is 3. The maximum Gasteiger partial charge on any atom is 0.305 e. The zero-order valence-corrected chi connectivity index (χ0v) is 30.4. The first-order chi connectivity index (χ1) is 25.5. The summed E-state index contributed by atoms with van der Waals surface area (Å²) in [6, 6.07) is 10.8. The molecular formula is C36H48ClF3N6O7. The van der Waals surface area contributed by atoms with Crippen LogP contribution in [0.5, 0.6) is 17.2 Å². The Morgan fingerprint density at radius 3 is 1.43 bits per heavy atom. The summed E-state index contributed by atoms with van der Waals surface area (Å²) in [5, 5.41) is 29.1. The van der Waals surface area contributed by atoms with Crippen LogP contribution >= 0.6 is 11.6 Å². The van der Waals surface area contributed by atoms with Gasteiger partial charge in [-0.15, -0.1) is 11.6 Å². The fourth-order valence-electron chi connectivity index (χ4n) is 5.69. The third-order valence-electron chi connectivity index (χ3n) is 8.56. The average molecular weight is 769 g/mol. The molecule has 0 bridgehead atoms. The number of halogens is 4. The summed E-state index contributed by atoms with van der Waals surface area (Å²) in [4.78, 5) is 25.9. The lowest BCUT2D eigenvalue weighted by molar-refractivity contribution is -0.387. The number of aromatic hydroxyl groups is 1. The standard InChI is InChI=1S/C12H15FN2O3.C12H17FN2O.C6H12ClN.C6H4FNO3/c13-11-9-10(3-4-12(11)15(16)17)18-8-7-14-5-1-2-6-14;13-11-9-10(3-4-12(11)14)16-8-7-15-5-1-2-6-15;7-3-6-8-4-1-2-5-8;7-5-3-4(9)1-2-6(5)8(10)11/h3-4,9H,1-2,5-8H2;3-4,9H,1-2,5-8,14H2;1-6H2;1-3,9H. The van der Waals surface area contributed by atoms with Crippen molar-refractivity contribution in [2.24, 2.45) is 0 Å². The van der Waals surface area contributed by atoms with Crippen LogP contribution in [0.1, 0.15) is 38.5 Å². The number of nitro groups is 2. The van der Waals surface area contributed by atoms with E-state index in [0.29, 0.717) is 30.8 Å². The number of nitrogens with two attached hydrogens (primary N) is 1. The molecule has 3 heterocycles. The largest absolute Gasteiger partial charge is 0.508 e. The van der Waals surface area contributed by atoms with Gasteiger partial charge in [-0.3, -0.25) is 30.0 Å². The van der Waals surface area contributed by atoms with E-state index >= 15 is 0 Å². The molecule has 0 aromatic heterocycles. The molecule has 0 spiro atoms. The number of nitrogens with zero attached hydrogens (tertiary/aromatic N) is 5. The second-order valence-electron chi connectivity index (χ2n) is 12.5.